The van der Waals surface area contributed by atoms with Crippen LogP contribution in [0.15, 0.2) is 59.9 Å². The Labute approximate surface area is 226 Å². The van der Waals surface area contributed by atoms with Crippen LogP contribution in [0, 0.1) is 13.8 Å². The molecule has 1 saturated heterocycles. The molecule has 4 nitrogen and oxygen atoms in total. The summed E-state index contributed by atoms with van der Waals surface area (Å²) in [5.74, 6) is 0. The molecule has 1 aromatic carbocycles. The average molecular weight is 504 g/mol. The fraction of sp³-hybridized carbons (Fsp3) is 0.455. The summed E-state index contributed by atoms with van der Waals surface area (Å²) < 4.78 is 1.39. The second kappa shape index (κ2) is 17.5. The lowest BCUT2D eigenvalue weighted by Crippen LogP contribution is -2.30. The Morgan fingerprint density at radius 2 is 1.78 bits per heavy atom. The van der Waals surface area contributed by atoms with Crippen molar-refractivity contribution in [2.45, 2.75) is 74.1 Å². The molecule has 0 bridgehead atoms. The van der Waals surface area contributed by atoms with Crippen LogP contribution in [0.3, 0.4) is 0 Å². The van der Waals surface area contributed by atoms with E-state index >= 15 is 0 Å². The summed E-state index contributed by atoms with van der Waals surface area (Å²) in [6.07, 6.45) is 15.2. The average Bonchev–Trinajstić information content (AvgIpc) is 2.89. The van der Waals surface area contributed by atoms with E-state index in [0.717, 1.165) is 22.4 Å². The molecule has 0 radical (unpaired) electrons. The van der Waals surface area contributed by atoms with Crippen molar-refractivity contribution in [3.05, 3.63) is 93.5 Å². The van der Waals surface area contributed by atoms with Gasteiger partial charge in [0, 0.05) is 18.2 Å². The summed E-state index contributed by atoms with van der Waals surface area (Å²) in [4.78, 5) is 15.2. The molecule has 1 fully saturated rings. The summed E-state index contributed by atoms with van der Waals surface area (Å²) in [5, 5.41) is 4.40. The van der Waals surface area contributed by atoms with Gasteiger partial charge in [-0.3, -0.25) is 4.79 Å². The highest BCUT2D eigenvalue weighted by Crippen LogP contribution is 2.21. The topological polar surface area (TPSA) is 38.1 Å². The number of nitrogens with zero attached hydrogens (tertiary/aromatic N) is 3. The summed E-state index contributed by atoms with van der Waals surface area (Å²) in [6, 6.07) is 8.17. The minimum Gasteiger partial charge on any atom is -0.303 e. The van der Waals surface area contributed by atoms with Crippen LogP contribution in [0.5, 0.6) is 0 Å². The third kappa shape index (κ3) is 10.5. The Hall–Kier alpha value is -2.98. The van der Waals surface area contributed by atoms with Crippen LogP contribution in [0.2, 0.25) is 0 Å². The Kier molecular flexibility index (Phi) is 15.1. The minimum atomic E-state index is -0.106. The van der Waals surface area contributed by atoms with Crippen molar-refractivity contribution in [1.29, 1.82) is 0 Å². The van der Waals surface area contributed by atoms with Crippen molar-refractivity contribution >= 4 is 17.2 Å². The first-order valence-electron chi connectivity index (χ1n) is 13.8. The zero-order valence-electron chi connectivity index (χ0n) is 24.6. The van der Waals surface area contributed by atoms with E-state index in [2.05, 4.69) is 61.6 Å². The van der Waals surface area contributed by atoms with Crippen LogP contribution in [0.1, 0.15) is 88.2 Å². The molecule has 202 valence electrons. The zero-order chi connectivity index (χ0) is 27.8. The van der Waals surface area contributed by atoms with Crippen LogP contribution in [-0.4, -0.2) is 34.3 Å². The molecule has 1 aliphatic rings. The van der Waals surface area contributed by atoms with Crippen molar-refractivity contribution in [1.82, 2.24) is 14.7 Å². The number of piperidine rings is 1. The monoisotopic (exact) mass is 503 g/mol. The second-order valence-corrected chi connectivity index (χ2v) is 9.32. The molecular formula is C33H49N3O. The molecule has 0 unspecified atom stereocenters. The third-order valence-corrected chi connectivity index (χ3v) is 6.21. The first kappa shape index (κ1) is 32.0. The lowest BCUT2D eigenvalue weighted by atomic mass is 10.00. The van der Waals surface area contributed by atoms with Gasteiger partial charge in [0.2, 0.25) is 0 Å². The number of allylic oxidation sites excluding steroid dienone is 6. The molecule has 0 N–H and O–H groups in total. The molecule has 0 spiro atoms. The SMILES string of the molecule is C=C/C=C(\C=C/C)c1cc(/C(C)=C/c2ccc(C)cc2C)c(=O)n(C)n1.CC.CCCN1CCCCC1. The van der Waals surface area contributed by atoms with E-state index in [1.165, 1.54) is 61.1 Å². The quantitative estimate of drug-likeness (QED) is 0.359. The number of hydrogen-bond acceptors (Lipinski definition) is 3. The highest BCUT2D eigenvalue weighted by atomic mass is 16.1. The third-order valence-electron chi connectivity index (χ3n) is 6.21. The second-order valence-electron chi connectivity index (χ2n) is 9.32. The van der Waals surface area contributed by atoms with E-state index in [1.54, 1.807) is 13.1 Å². The van der Waals surface area contributed by atoms with Crippen molar-refractivity contribution in [2.24, 2.45) is 7.05 Å². The van der Waals surface area contributed by atoms with E-state index in [-0.39, 0.29) is 5.56 Å². The molecule has 4 heteroatoms. The highest BCUT2D eigenvalue weighted by molar-refractivity contribution is 5.82. The van der Waals surface area contributed by atoms with Crippen LogP contribution >= 0.6 is 0 Å². The van der Waals surface area contributed by atoms with Gasteiger partial charge in [-0.05, 0) is 89.4 Å². The molecular weight excluding hydrogens is 454 g/mol. The van der Waals surface area contributed by atoms with Gasteiger partial charge in [0.15, 0.2) is 0 Å². The number of aromatic nitrogens is 2. The molecule has 0 atom stereocenters. The van der Waals surface area contributed by atoms with E-state index in [4.69, 9.17) is 0 Å². The normalized spacial score (nSPS) is 14.5. The van der Waals surface area contributed by atoms with E-state index in [0.29, 0.717) is 5.56 Å². The molecule has 3 rings (SSSR count). The molecule has 2 aromatic rings. The summed E-state index contributed by atoms with van der Waals surface area (Å²) in [7, 11) is 1.68. The van der Waals surface area contributed by atoms with Crippen LogP contribution in [0.25, 0.3) is 17.2 Å². The van der Waals surface area contributed by atoms with Crippen molar-refractivity contribution in [2.75, 3.05) is 19.6 Å². The van der Waals surface area contributed by atoms with Gasteiger partial charge in [-0.25, -0.2) is 4.68 Å². The number of benzene rings is 1. The highest BCUT2D eigenvalue weighted by Gasteiger charge is 2.11. The maximum absolute atomic E-state index is 12.6. The molecule has 0 amide bonds. The van der Waals surface area contributed by atoms with E-state index in [1.807, 2.05) is 52.0 Å². The van der Waals surface area contributed by atoms with Gasteiger partial charge < -0.3 is 4.90 Å². The predicted octanol–water partition coefficient (Wildman–Crippen LogP) is 8.01. The molecule has 0 saturated carbocycles. The number of rotatable bonds is 7. The van der Waals surface area contributed by atoms with Crippen molar-refractivity contribution in [3.63, 3.8) is 0 Å². The Morgan fingerprint density at radius 1 is 1.11 bits per heavy atom. The fourth-order valence-electron chi connectivity index (χ4n) is 4.36. The summed E-state index contributed by atoms with van der Waals surface area (Å²) in [6.45, 7) is 22.1. The molecule has 37 heavy (non-hydrogen) atoms. The van der Waals surface area contributed by atoms with Crippen molar-refractivity contribution < 1.29 is 0 Å². The van der Waals surface area contributed by atoms with Gasteiger partial charge in [-0.2, -0.15) is 5.10 Å². The number of likely N-dealkylation sites (tertiary alicyclic amines) is 1. The zero-order valence-corrected chi connectivity index (χ0v) is 24.6. The molecule has 1 aliphatic heterocycles. The van der Waals surface area contributed by atoms with Gasteiger partial charge in [0.25, 0.3) is 5.56 Å². The van der Waals surface area contributed by atoms with E-state index < -0.39 is 0 Å². The number of hydrogen-bond donors (Lipinski definition) is 0. The lowest BCUT2D eigenvalue weighted by molar-refractivity contribution is 0.229. The molecule has 0 aliphatic carbocycles. The Bertz CT molecular complexity index is 1130. The van der Waals surface area contributed by atoms with Crippen LogP contribution < -0.4 is 5.56 Å². The molecule has 1 aromatic heterocycles. The fourth-order valence-corrected chi connectivity index (χ4v) is 4.36. The standard InChI is InChI=1S/C23H26N2O.C8H17N.C2H6/c1-7-9-19(10-8-2)22-15-21(23(26)25(6)24-22)18(5)14-20-12-11-16(3)13-17(20)4;1-2-6-9-7-4-3-5-8-9;1-2/h7-15H,1H2,2-6H3;2-8H2,1H3;1-2H3/b10-8-,18-14+,19-9+;;. The minimum absolute atomic E-state index is 0.106. The maximum atomic E-state index is 12.6. The summed E-state index contributed by atoms with van der Waals surface area (Å²) >= 11 is 0. The first-order valence-corrected chi connectivity index (χ1v) is 13.8. The van der Waals surface area contributed by atoms with E-state index in [9.17, 15) is 4.79 Å². The largest absolute Gasteiger partial charge is 0.303 e. The summed E-state index contributed by atoms with van der Waals surface area (Å²) in [5.41, 5.74) is 6.65. The van der Waals surface area contributed by atoms with Gasteiger partial charge >= 0.3 is 0 Å². The van der Waals surface area contributed by atoms with Gasteiger partial charge in [0.05, 0.1) is 5.69 Å². The van der Waals surface area contributed by atoms with Crippen LogP contribution in [-0.2, 0) is 7.05 Å². The van der Waals surface area contributed by atoms with Crippen molar-refractivity contribution in [3.8, 4) is 0 Å². The van der Waals surface area contributed by atoms with Gasteiger partial charge in [0.1, 0.15) is 0 Å². The lowest BCUT2D eigenvalue weighted by Gasteiger charge is -2.25. The maximum Gasteiger partial charge on any atom is 0.274 e. The Balaban J connectivity index is 0.000000519. The smallest absolute Gasteiger partial charge is 0.274 e. The van der Waals surface area contributed by atoms with Gasteiger partial charge in [-0.1, -0.05) is 87.9 Å². The number of aryl methyl sites for hydroxylation is 3. The Morgan fingerprint density at radius 3 is 2.35 bits per heavy atom. The predicted molar refractivity (Wildman–Crippen MR) is 164 cm³/mol. The van der Waals surface area contributed by atoms with Gasteiger partial charge in [-0.15, -0.1) is 0 Å². The van der Waals surface area contributed by atoms with Crippen LogP contribution in [0.4, 0.5) is 0 Å². The molecule has 2 heterocycles. The first-order chi connectivity index (χ1) is 17.8.